The molecule has 5 nitrogen and oxygen atoms in total. The Morgan fingerprint density at radius 1 is 1.54 bits per heavy atom. The molecule has 1 heterocycles. The van der Waals surface area contributed by atoms with Crippen LogP contribution in [0.5, 0.6) is 0 Å². The molecule has 0 aromatic carbocycles. The number of aromatic amines is 1. The van der Waals surface area contributed by atoms with Crippen LogP contribution < -0.4 is 16.4 Å². The summed E-state index contributed by atoms with van der Waals surface area (Å²) in [5, 5.41) is 0. The van der Waals surface area contributed by atoms with E-state index < -0.39 is 0 Å². The molecule has 0 spiro atoms. The standard InChI is InChI=1S/C8H14N4O/c1-5(2)11-12-8-9-6(3)4-7(13)10-8/h4-5,11H,1-3H3,(H2,9,10,12,13). The van der Waals surface area contributed by atoms with Crippen molar-refractivity contribution in [2.45, 2.75) is 26.8 Å². The Labute approximate surface area is 76.6 Å². The normalized spacial score (nSPS) is 10.5. The van der Waals surface area contributed by atoms with Crippen LogP contribution in [0.4, 0.5) is 5.95 Å². The van der Waals surface area contributed by atoms with Gasteiger partial charge in [-0.15, -0.1) is 0 Å². The number of rotatable bonds is 3. The van der Waals surface area contributed by atoms with Crippen molar-refractivity contribution >= 4 is 5.95 Å². The molecular formula is C8H14N4O. The summed E-state index contributed by atoms with van der Waals surface area (Å²) in [4.78, 5) is 17.6. The first-order valence-electron chi connectivity index (χ1n) is 4.17. The van der Waals surface area contributed by atoms with Gasteiger partial charge in [0.1, 0.15) is 0 Å². The van der Waals surface area contributed by atoms with Gasteiger partial charge in [0, 0.05) is 17.8 Å². The monoisotopic (exact) mass is 182 g/mol. The largest absolute Gasteiger partial charge is 0.292 e. The second-order valence-corrected chi connectivity index (χ2v) is 3.16. The van der Waals surface area contributed by atoms with Gasteiger partial charge in [-0.05, 0) is 20.8 Å². The number of nitrogens with one attached hydrogen (secondary N) is 3. The van der Waals surface area contributed by atoms with E-state index in [-0.39, 0.29) is 11.6 Å². The van der Waals surface area contributed by atoms with E-state index in [9.17, 15) is 4.79 Å². The molecule has 0 saturated carbocycles. The number of nitrogens with zero attached hydrogens (tertiary/aromatic N) is 1. The van der Waals surface area contributed by atoms with Crippen molar-refractivity contribution in [1.29, 1.82) is 0 Å². The fourth-order valence-corrected chi connectivity index (χ4v) is 0.851. The van der Waals surface area contributed by atoms with Crippen molar-refractivity contribution in [3.63, 3.8) is 0 Å². The number of hydrogen-bond donors (Lipinski definition) is 3. The van der Waals surface area contributed by atoms with Gasteiger partial charge in [-0.25, -0.2) is 10.4 Å². The molecule has 0 unspecified atom stereocenters. The molecule has 1 aromatic heterocycles. The molecule has 5 heteroatoms. The number of aryl methyl sites for hydroxylation is 1. The average Bonchev–Trinajstić information content (AvgIpc) is 1.99. The quantitative estimate of drug-likeness (QED) is 0.592. The number of hydrogen-bond acceptors (Lipinski definition) is 4. The zero-order valence-electron chi connectivity index (χ0n) is 8.01. The first-order valence-corrected chi connectivity index (χ1v) is 4.17. The number of anilines is 1. The summed E-state index contributed by atoms with van der Waals surface area (Å²) in [5.74, 6) is 0.443. The smallest absolute Gasteiger partial charge is 0.252 e. The SMILES string of the molecule is Cc1cc(=O)[nH]c(NNC(C)C)n1. The minimum absolute atomic E-state index is 0.152. The molecule has 0 aliphatic carbocycles. The first kappa shape index (κ1) is 9.73. The van der Waals surface area contributed by atoms with Crippen LogP contribution in [-0.4, -0.2) is 16.0 Å². The summed E-state index contributed by atoms with van der Waals surface area (Å²) in [5.41, 5.74) is 6.28. The summed E-state index contributed by atoms with van der Waals surface area (Å²) in [6.07, 6.45) is 0. The Hall–Kier alpha value is -1.36. The van der Waals surface area contributed by atoms with Gasteiger partial charge in [0.05, 0.1) is 0 Å². The second kappa shape index (κ2) is 4.04. The highest BCUT2D eigenvalue weighted by molar-refractivity contribution is 5.22. The molecule has 1 aromatic rings. The van der Waals surface area contributed by atoms with Crippen molar-refractivity contribution in [2.24, 2.45) is 0 Å². The van der Waals surface area contributed by atoms with Crippen molar-refractivity contribution < 1.29 is 0 Å². The maximum atomic E-state index is 11.0. The second-order valence-electron chi connectivity index (χ2n) is 3.16. The van der Waals surface area contributed by atoms with Gasteiger partial charge in [-0.2, -0.15) is 0 Å². The molecule has 0 fully saturated rings. The van der Waals surface area contributed by atoms with E-state index in [2.05, 4.69) is 20.8 Å². The maximum absolute atomic E-state index is 11.0. The average molecular weight is 182 g/mol. The lowest BCUT2D eigenvalue weighted by atomic mass is 10.4. The minimum atomic E-state index is -0.152. The predicted molar refractivity (Wildman–Crippen MR) is 51.5 cm³/mol. The van der Waals surface area contributed by atoms with Crippen LogP contribution in [0.1, 0.15) is 19.5 Å². The molecular weight excluding hydrogens is 168 g/mol. The van der Waals surface area contributed by atoms with Gasteiger partial charge in [0.15, 0.2) is 0 Å². The summed E-state index contributed by atoms with van der Waals surface area (Å²) >= 11 is 0. The van der Waals surface area contributed by atoms with Crippen LogP contribution >= 0.6 is 0 Å². The van der Waals surface area contributed by atoms with Crippen molar-refractivity contribution in [3.05, 3.63) is 22.1 Å². The van der Waals surface area contributed by atoms with E-state index in [1.165, 1.54) is 6.07 Å². The van der Waals surface area contributed by atoms with Gasteiger partial charge >= 0.3 is 0 Å². The molecule has 0 aliphatic rings. The Morgan fingerprint density at radius 2 is 2.23 bits per heavy atom. The Kier molecular flexibility index (Phi) is 3.02. The van der Waals surface area contributed by atoms with Gasteiger partial charge in [-0.1, -0.05) is 0 Å². The van der Waals surface area contributed by atoms with E-state index in [0.29, 0.717) is 11.6 Å². The molecule has 3 N–H and O–H groups in total. The number of hydrazine groups is 1. The van der Waals surface area contributed by atoms with E-state index in [1.54, 1.807) is 6.92 Å². The molecule has 0 saturated heterocycles. The highest BCUT2D eigenvalue weighted by Crippen LogP contribution is 1.93. The van der Waals surface area contributed by atoms with Crippen LogP contribution in [0.3, 0.4) is 0 Å². The maximum Gasteiger partial charge on any atom is 0.252 e. The lowest BCUT2D eigenvalue weighted by Gasteiger charge is -2.09. The molecule has 1 rings (SSSR count). The van der Waals surface area contributed by atoms with Gasteiger partial charge in [0.25, 0.3) is 5.56 Å². The Balaban J connectivity index is 2.72. The zero-order valence-corrected chi connectivity index (χ0v) is 8.01. The Morgan fingerprint density at radius 3 is 2.77 bits per heavy atom. The summed E-state index contributed by atoms with van der Waals surface area (Å²) in [6.45, 7) is 5.75. The minimum Gasteiger partial charge on any atom is -0.292 e. The lowest BCUT2D eigenvalue weighted by molar-refractivity contribution is 0.652. The third-order valence-electron chi connectivity index (χ3n) is 1.35. The number of H-pyrrole nitrogens is 1. The van der Waals surface area contributed by atoms with E-state index in [1.807, 2.05) is 13.8 Å². The highest BCUT2D eigenvalue weighted by Gasteiger charge is 1.97. The third kappa shape index (κ3) is 3.25. The summed E-state index contributed by atoms with van der Waals surface area (Å²) in [7, 11) is 0. The summed E-state index contributed by atoms with van der Waals surface area (Å²) < 4.78 is 0. The molecule has 0 amide bonds. The van der Waals surface area contributed by atoms with Crippen LogP contribution in [0.25, 0.3) is 0 Å². The van der Waals surface area contributed by atoms with Gasteiger partial charge in [0.2, 0.25) is 5.95 Å². The topological polar surface area (TPSA) is 69.8 Å². The number of aromatic nitrogens is 2. The predicted octanol–water partition coefficient (Wildman–Crippen LogP) is 0.403. The fourth-order valence-electron chi connectivity index (χ4n) is 0.851. The van der Waals surface area contributed by atoms with Crippen LogP contribution in [-0.2, 0) is 0 Å². The van der Waals surface area contributed by atoms with Crippen LogP contribution in [0.15, 0.2) is 10.9 Å². The van der Waals surface area contributed by atoms with Crippen LogP contribution in [0.2, 0.25) is 0 Å². The van der Waals surface area contributed by atoms with Gasteiger partial charge in [-0.3, -0.25) is 15.2 Å². The molecule has 0 aliphatic heterocycles. The fraction of sp³-hybridized carbons (Fsp3) is 0.500. The van der Waals surface area contributed by atoms with Crippen molar-refractivity contribution in [2.75, 3.05) is 5.43 Å². The highest BCUT2D eigenvalue weighted by atomic mass is 16.1. The Bertz CT molecular complexity index is 331. The van der Waals surface area contributed by atoms with E-state index in [4.69, 9.17) is 0 Å². The molecule has 0 bridgehead atoms. The van der Waals surface area contributed by atoms with Crippen molar-refractivity contribution in [1.82, 2.24) is 15.4 Å². The molecule has 0 atom stereocenters. The first-order chi connectivity index (χ1) is 6.08. The van der Waals surface area contributed by atoms with Crippen molar-refractivity contribution in [3.8, 4) is 0 Å². The van der Waals surface area contributed by atoms with E-state index >= 15 is 0 Å². The molecule has 0 radical (unpaired) electrons. The van der Waals surface area contributed by atoms with E-state index in [0.717, 1.165) is 0 Å². The zero-order chi connectivity index (χ0) is 9.84. The van der Waals surface area contributed by atoms with Gasteiger partial charge < -0.3 is 0 Å². The lowest BCUT2D eigenvalue weighted by Crippen LogP contribution is -2.31. The molecule has 13 heavy (non-hydrogen) atoms. The molecule has 72 valence electrons. The summed E-state index contributed by atoms with van der Waals surface area (Å²) in [6, 6.07) is 1.73. The van der Waals surface area contributed by atoms with Crippen LogP contribution in [0, 0.1) is 6.92 Å². The third-order valence-corrected chi connectivity index (χ3v) is 1.35.